The van der Waals surface area contributed by atoms with Crippen molar-refractivity contribution < 1.29 is 0 Å². The van der Waals surface area contributed by atoms with Crippen LogP contribution in [0.1, 0.15) is 26.2 Å². The summed E-state index contributed by atoms with van der Waals surface area (Å²) in [5.74, 6) is 0.297. The highest BCUT2D eigenvalue weighted by Crippen LogP contribution is 2.23. The fourth-order valence-corrected chi connectivity index (χ4v) is 2.85. The molecule has 0 aromatic heterocycles. The lowest BCUT2D eigenvalue weighted by Crippen LogP contribution is -2.36. The maximum absolute atomic E-state index is 8.88. The summed E-state index contributed by atoms with van der Waals surface area (Å²) in [6, 6.07) is 3.13. The molecule has 0 aromatic rings. The minimum absolute atomic E-state index is 0.297. The zero-order valence-electron chi connectivity index (χ0n) is 9.65. The van der Waals surface area contributed by atoms with Crippen molar-refractivity contribution in [1.29, 1.82) is 5.26 Å². The molecule has 84 valence electrons. The van der Waals surface area contributed by atoms with Crippen LogP contribution in [0.25, 0.3) is 0 Å². The van der Waals surface area contributed by atoms with E-state index in [2.05, 4.69) is 22.8 Å². The zero-order valence-corrected chi connectivity index (χ0v) is 9.65. The third-order valence-corrected chi connectivity index (χ3v) is 3.71. The maximum atomic E-state index is 8.88. The number of nitriles is 1. The third-order valence-electron chi connectivity index (χ3n) is 3.71. The summed E-state index contributed by atoms with van der Waals surface area (Å²) < 4.78 is 0. The molecule has 0 amide bonds. The van der Waals surface area contributed by atoms with Crippen LogP contribution in [0.2, 0.25) is 0 Å². The highest BCUT2D eigenvalue weighted by Gasteiger charge is 2.32. The van der Waals surface area contributed by atoms with Crippen LogP contribution >= 0.6 is 0 Å². The molecule has 2 fully saturated rings. The fraction of sp³-hybridized carbons (Fsp3) is 0.917. The Bertz CT molecular complexity index is 246. The van der Waals surface area contributed by atoms with Gasteiger partial charge in [-0.3, -0.25) is 4.90 Å². The standard InChI is InChI=1S/C12H21N3/c1-2-5-14-6-4-12(10-14)15-7-3-11(8-13)9-15/h11-12H,2-7,9-10H2,1H3. The third kappa shape index (κ3) is 2.50. The molecule has 0 saturated carbocycles. The molecule has 2 unspecified atom stereocenters. The second-order valence-corrected chi connectivity index (χ2v) is 4.85. The van der Waals surface area contributed by atoms with E-state index in [1.54, 1.807) is 0 Å². The first-order valence-electron chi connectivity index (χ1n) is 6.19. The molecule has 2 atom stereocenters. The van der Waals surface area contributed by atoms with Crippen LogP contribution in [0.3, 0.4) is 0 Å². The minimum atomic E-state index is 0.297. The van der Waals surface area contributed by atoms with Gasteiger partial charge in [0.1, 0.15) is 0 Å². The van der Waals surface area contributed by atoms with Crippen molar-refractivity contribution in [2.24, 2.45) is 5.92 Å². The molecule has 3 nitrogen and oxygen atoms in total. The van der Waals surface area contributed by atoms with Gasteiger partial charge in [-0.2, -0.15) is 5.26 Å². The Labute approximate surface area is 92.7 Å². The van der Waals surface area contributed by atoms with Crippen molar-refractivity contribution in [1.82, 2.24) is 9.80 Å². The lowest BCUT2D eigenvalue weighted by Gasteiger charge is -2.23. The Morgan fingerprint density at radius 1 is 1.27 bits per heavy atom. The van der Waals surface area contributed by atoms with Crippen LogP contribution in [0.15, 0.2) is 0 Å². The van der Waals surface area contributed by atoms with E-state index in [0.29, 0.717) is 5.92 Å². The van der Waals surface area contributed by atoms with E-state index in [4.69, 9.17) is 5.26 Å². The Morgan fingerprint density at radius 3 is 2.80 bits per heavy atom. The first kappa shape index (κ1) is 10.9. The quantitative estimate of drug-likeness (QED) is 0.699. The molecule has 2 aliphatic rings. The van der Waals surface area contributed by atoms with Gasteiger partial charge in [0.2, 0.25) is 0 Å². The first-order valence-corrected chi connectivity index (χ1v) is 6.19. The summed E-state index contributed by atoms with van der Waals surface area (Å²) in [4.78, 5) is 5.09. The topological polar surface area (TPSA) is 30.3 Å². The van der Waals surface area contributed by atoms with Crippen LogP contribution in [0.4, 0.5) is 0 Å². The molecule has 0 radical (unpaired) electrons. The number of nitrogens with zero attached hydrogens (tertiary/aromatic N) is 3. The van der Waals surface area contributed by atoms with E-state index in [1.165, 1.54) is 32.5 Å². The Kier molecular flexibility index (Phi) is 3.61. The lowest BCUT2D eigenvalue weighted by molar-refractivity contribution is 0.229. The van der Waals surface area contributed by atoms with Crippen LogP contribution in [-0.2, 0) is 0 Å². The number of hydrogen-bond acceptors (Lipinski definition) is 3. The monoisotopic (exact) mass is 207 g/mol. The Hall–Kier alpha value is -0.590. The van der Waals surface area contributed by atoms with Gasteiger partial charge in [-0.15, -0.1) is 0 Å². The maximum Gasteiger partial charge on any atom is 0.0669 e. The summed E-state index contributed by atoms with van der Waals surface area (Å²) in [5, 5.41) is 8.88. The van der Waals surface area contributed by atoms with Crippen molar-refractivity contribution in [3.8, 4) is 6.07 Å². The highest BCUT2D eigenvalue weighted by molar-refractivity contribution is 4.94. The highest BCUT2D eigenvalue weighted by atomic mass is 15.3. The molecule has 0 aromatic carbocycles. The Morgan fingerprint density at radius 2 is 2.13 bits per heavy atom. The van der Waals surface area contributed by atoms with E-state index in [0.717, 1.165) is 25.6 Å². The number of likely N-dealkylation sites (tertiary alicyclic amines) is 2. The summed E-state index contributed by atoms with van der Waals surface area (Å²) in [7, 11) is 0. The smallest absolute Gasteiger partial charge is 0.0669 e. The van der Waals surface area contributed by atoms with Gasteiger partial charge < -0.3 is 4.90 Å². The molecule has 2 saturated heterocycles. The van der Waals surface area contributed by atoms with E-state index in [9.17, 15) is 0 Å². The molecule has 0 bridgehead atoms. The van der Waals surface area contributed by atoms with Gasteiger partial charge in [-0.1, -0.05) is 6.92 Å². The van der Waals surface area contributed by atoms with Gasteiger partial charge in [0.25, 0.3) is 0 Å². The van der Waals surface area contributed by atoms with Crippen molar-refractivity contribution in [3.05, 3.63) is 0 Å². The predicted molar refractivity (Wildman–Crippen MR) is 60.4 cm³/mol. The summed E-state index contributed by atoms with van der Waals surface area (Å²) >= 11 is 0. The molecular formula is C12H21N3. The zero-order chi connectivity index (χ0) is 10.7. The molecule has 2 aliphatic heterocycles. The molecule has 0 aliphatic carbocycles. The van der Waals surface area contributed by atoms with Gasteiger partial charge >= 0.3 is 0 Å². The number of hydrogen-bond donors (Lipinski definition) is 0. The predicted octanol–water partition coefficient (Wildman–Crippen LogP) is 1.32. The van der Waals surface area contributed by atoms with Gasteiger partial charge in [-0.25, -0.2) is 0 Å². The van der Waals surface area contributed by atoms with Gasteiger partial charge in [0.15, 0.2) is 0 Å². The van der Waals surface area contributed by atoms with Crippen LogP contribution < -0.4 is 0 Å². The van der Waals surface area contributed by atoms with E-state index >= 15 is 0 Å². The summed E-state index contributed by atoms with van der Waals surface area (Å²) in [6.45, 7) is 8.13. The second kappa shape index (κ2) is 4.96. The van der Waals surface area contributed by atoms with Crippen molar-refractivity contribution in [2.45, 2.75) is 32.2 Å². The molecule has 15 heavy (non-hydrogen) atoms. The second-order valence-electron chi connectivity index (χ2n) is 4.85. The molecular weight excluding hydrogens is 186 g/mol. The average molecular weight is 207 g/mol. The molecule has 2 heterocycles. The van der Waals surface area contributed by atoms with Crippen molar-refractivity contribution >= 4 is 0 Å². The van der Waals surface area contributed by atoms with E-state index < -0.39 is 0 Å². The van der Waals surface area contributed by atoms with Crippen LogP contribution in [0.5, 0.6) is 0 Å². The largest absolute Gasteiger partial charge is 0.302 e. The molecule has 2 rings (SSSR count). The SMILES string of the molecule is CCCN1CCC(N2CCC(C#N)C2)C1. The van der Waals surface area contributed by atoms with Crippen LogP contribution in [0, 0.1) is 17.2 Å². The van der Waals surface area contributed by atoms with Crippen molar-refractivity contribution in [3.63, 3.8) is 0 Å². The number of rotatable bonds is 3. The fourth-order valence-electron chi connectivity index (χ4n) is 2.85. The molecule has 3 heteroatoms. The van der Waals surface area contributed by atoms with Gasteiger partial charge in [0, 0.05) is 19.1 Å². The van der Waals surface area contributed by atoms with Crippen molar-refractivity contribution in [2.75, 3.05) is 32.7 Å². The summed E-state index contributed by atoms with van der Waals surface area (Å²) in [6.07, 6.45) is 3.65. The normalized spacial score (nSPS) is 33.3. The average Bonchev–Trinajstić information content (AvgIpc) is 2.85. The van der Waals surface area contributed by atoms with Gasteiger partial charge in [-0.05, 0) is 38.9 Å². The summed E-state index contributed by atoms with van der Waals surface area (Å²) in [5.41, 5.74) is 0. The lowest BCUT2D eigenvalue weighted by atomic mass is 10.1. The molecule has 0 spiro atoms. The van der Waals surface area contributed by atoms with E-state index in [-0.39, 0.29) is 0 Å². The van der Waals surface area contributed by atoms with Gasteiger partial charge in [0.05, 0.1) is 12.0 Å². The Balaban J connectivity index is 1.79. The van der Waals surface area contributed by atoms with E-state index in [1.807, 2.05) is 0 Å². The minimum Gasteiger partial charge on any atom is -0.302 e. The molecule has 0 N–H and O–H groups in total. The van der Waals surface area contributed by atoms with Crippen LogP contribution in [-0.4, -0.2) is 48.6 Å². The first-order chi connectivity index (χ1) is 7.33.